The first-order valence-corrected chi connectivity index (χ1v) is 7.23. The zero-order valence-electron chi connectivity index (χ0n) is 8.58. The summed E-state index contributed by atoms with van der Waals surface area (Å²) in [6, 6.07) is 7.84. The van der Waals surface area contributed by atoms with Crippen LogP contribution in [0.4, 0.5) is 0 Å². The number of halogens is 2. The van der Waals surface area contributed by atoms with Crippen LogP contribution in [0.25, 0.3) is 0 Å². The summed E-state index contributed by atoms with van der Waals surface area (Å²) in [5, 5.41) is 12.3. The van der Waals surface area contributed by atoms with Crippen molar-refractivity contribution in [3.05, 3.63) is 54.6 Å². The van der Waals surface area contributed by atoms with Crippen molar-refractivity contribution in [2.45, 2.75) is 13.0 Å². The van der Waals surface area contributed by atoms with Gasteiger partial charge in [-0.25, -0.2) is 0 Å². The second kappa shape index (κ2) is 5.00. The second-order valence-corrected chi connectivity index (χ2v) is 6.25. The minimum Gasteiger partial charge on any atom is -0.383 e. The molecule has 1 aromatic heterocycles. The Labute approximate surface area is 115 Å². The minimum atomic E-state index is -0.553. The van der Waals surface area contributed by atoms with Gasteiger partial charge in [0.25, 0.3) is 0 Å². The van der Waals surface area contributed by atoms with Crippen molar-refractivity contribution in [1.82, 2.24) is 0 Å². The van der Waals surface area contributed by atoms with Crippen LogP contribution in [0.3, 0.4) is 0 Å². The van der Waals surface area contributed by atoms with E-state index < -0.39 is 6.10 Å². The number of hydrogen-bond acceptors (Lipinski definition) is 2. The van der Waals surface area contributed by atoms with E-state index in [0.29, 0.717) is 0 Å². The number of aliphatic hydroxyl groups excluding tert-OH is 1. The van der Waals surface area contributed by atoms with Crippen molar-refractivity contribution in [3.63, 3.8) is 0 Å². The van der Waals surface area contributed by atoms with E-state index in [1.807, 2.05) is 36.6 Å². The smallest absolute Gasteiger partial charge is 0.115 e. The second-order valence-electron chi connectivity index (χ2n) is 3.54. The van der Waals surface area contributed by atoms with Gasteiger partial charge in [-0.1, -0.05) is 37.9 Å². The summed E-state index contributed by atoms with van der Waals surface area (Å²) in [6.07, 6.45) is -0.553. The van der Waals surface area contributed by atoms with Crippen molar-refractivity contribution in [2.24, 2.45) is 0 Å². The molecule has 1 atom stereocenters. The van der Waals surface area contributed by atoms with Gasteiger partial charge in [-0.3, -0.25) is 0 Å². The third-order valence-corrected chi connectivity index (χ3v) is 4.66. The van der Waals surface area contributed by atoms with Gasteiger partial charge in [-0.05, 0) is 36.1 Å². The van der Waals surface area contributed by atoms with Crippen molar-refractivity contribution < 1.29 is 5.11 Å². The van der Waals surface area contributed by atoms with E-state index in [2.05, 4.69) is 31.9 Å². The molecule has 1 nitrogen and oxygen atoms in total. The Morgan fingerprint density at radius 2 is 2.00 bits per heavy atom. The predicted molar refractivity (Wildman–Crippen MR) is 75.0 cm³/mol. The van der Waals surface area contributed by atoms with Crippen molar-refractivity contribution in [3.8, 4) is 0 Å². The molecule has 2 rings (SSSR count). The third-order valence-electron chi connectivity index (χ3n) is 2.41. The van der Waals surface area contributed by atoms with E-state index in [4.69, 9.17) is 0 Å². The molecule has 16 heavy (non-hydrogen) atoms. The fraction of sp³-hybridized carbons (Fsp3) is 0.167. The van der Waals surface area contributed by atoms with Gasteiger partial charge in [0.1, 0.15) is 6.10 Å². The number of hydrogen-bond donors (Lipinski definition) is 1. The summed E-state index contributed by atoms with van der Waals surface area (Å²) in [5.74, 6) is 0. The van der Waals surface area contributed by atoms with Crippen LogP contribution in [0.5, 0.6) is 0 Å². The molecule has 1 unspecified atom stereocenters. The van der Waals surface area contributed by atoms with E-state index in [1.54, 1.807) is 11.3 Å². The molecule has 0 aliphatic carbocycles. The summed E-state index contributed by atoms with van der Waals surface area (Å²) >= 11 is 8.45. The zero-order valence-corrected chi connectivity index (χ0v) is 12.6. The lowest BCUT2D eigenvalue weighted by atomic mass is 10.1. The highest BCUT2D eigenvalue weighted by atomic mass is 79.9. The molecule has 0 fully saturated rings. The van der Waals surface area contributed by atoms with Crippen molar-refractivity contribution in [1.29, 1.82) is 0 Å². The van der Waals surface area contributed by atoms with E-state index in [-0.39, 0.29) is 0 Å². The lowest BCUT2D eigenvalue weighted by Crippen LogP contribution is -1.99. The van der Waals surface area contributed by atoms with Gasteiger partial charge in [0.15, 0.2) is 0 Å². The SMILES string of the molecule is Cc1ccsc1C(O)c1ccc(Br)cc1Br. The van der Waals surface area contributed by atoms with Crippen LogP contribution < -0.4 is 0 Å². The summed E-state index contributed by atoms with van der Waals surface area (Å²) < 4.78 is 1.92. The van der Waals surface area contributed by atoms with E-state index in [0.717, 1.165) is 24.9 Å². The Hall–Kier alpha value is -0.160. The average Bonchev–Trinajstić information content (AvgIpc) is 2.63. The summed E-state index contributed by atoms with van der Waals surface area (Å²) in [6.45, 7) is 2.02. The highest BCUT2D eigenvalue weighted by molar-refractivity contribution is 9.11. The van der Waals surface area contributed by atoms with Gasteiger partial charge in [-0.2, -0.15) is 0 Å². The Morgan fingerprint density at radius 1 is 1.25 bits per heavy atom. The van der Waals surface area contributed by atoms with Crippen LogP contribution >= 0.6 is 43.2 Å². The van der Waals surface area contributed by atoms with Crippen LogP contribution in [-0.4, -0.2) is 5.11 Å². The first-order valence-electron chi connectivity index (χ1n) is 4.76. The van der Waals surface area contributed by atoms with Gasteiger partial charge < -0.3 is 5.11 Å². The van der Waals surface area contributed by atoms with Crippen LogP contribution in [0.15, 0.2) is 38.6 Å². The maximum absolute atomic E-state index is 10.3. The average molecular weight is 362 g/mol. The highest BCUT2D eigenvalue weighted by Crippen LogP contribution is 2.34. The third kappa shape index (κ3) is 2.40. The Morgan fingerprint density at radius 3 is 2.56 bits per heavy atom. The normalized spacial score (nSPS) is 12.8. The molecule has 0 radical (unpaired) electrons. The molecule has 2 aromatic rings. The molecular formula is C12H10Br2OS. The predicted octanol–water partition coefficient (Wildman–Crippen LogP) is 4.66. The van der Waals surface area contributed by atoms with Gasteiger partial charge in [-0.15, -0.1) is 11.3 Å². The van der Waals surface area contributed by atoms with Crippen LogP contribution in [0.1, 0.15) is 22.1 Å². The molecule has 1 aromatic carbocycles. The Balaban J connectivity index is 2.41. The molecule has 1 heterocycles. The van der Waals surface area contributed by atoms with E-state index >= 15 is 0 Å². The summed E-state index contributed by atoms with van der Waals surface area (Å²) in [5.41, 5.74) is 2.03. The zero-order chi connectivity index (χ0) is 11.7. The lowest BCUT2D eigenvalue weighted by molar-refractivity contribution is 0.222. The van der Waals surface area contributed by atoms with Gasteiger partial charge in [0, 0.05) is 19.4 Å². The summed E-state index contributed by atoms with van der Waals surface area (Å²) in [7, 11) is 0. The molecule has 1 N–H and O–H groups in total. The molecule has 4 heteroatoms. The number of rotatable bonds is 2. The van der Waals surface area contributed by atoms with Crippen LogP contribution in [0, 0.1) is 6.92 Å². The van der Waals surface area contributed by atoms with Crippen LogP contribution in [-0.2, 0) is 0 Å². The molecule has 0 aliphatic heterocycles. The first kappa shape index (κ1) is 12.3. The van der Waals surface area contributed by atoms with E-state index in [1.165, 1.54) is 0 Å². The molecule has 0 spiro atoms. The highest BCUT2D eigenvalue weighted by Gasteiger charge is 2.16. The molecule has 0 amide bonds. The molecule has 0 bridgehead atoms. The largest absolute Gasteiger partial charge is 0.383 e. The number of thiophene rings is 1. The number of benzene rings is 1. The lowest BCUT2D eigenvalue weighted by Gasteiger charge is -2.12. The Bertz CT molecular complexity index is 507. The van der Waals surface area contributed by atoms with Gasteiger partial charge in [0.2, 0.25) is 0 Å². The molecule has 0 saturated carbocycles. The standard InChI is InChI=1S/C12H10Br2OS/c1-7-4-5-16-12(7)11(15)9-3-2-8(13)6-10(9)14/h2-6,11,15H,1H3. The molecule has 84 valence electrons. The topological polar surface area (TPSA) is 20.2 Å². The van der Waals surface area contributed by atoms with Gasteiger partial charge >= 0.3 is 0 Å². The van der Waals surface area contributed by atoms with Crippen molar-refractivity contribution >= 4 is 43.2 Å². The maximum atomic E-state index is 10.3. The number of aryl methyl sites for hydroxylation is 1. The fourth-order valence-corrected chi connectivity index (χ4v) is 3.72. The maximum Gasteiger partial charge on any atom is 0.115 e. The van der Waals surface area contributed by atoms with Gasteiger partial charge in [0.05, 0.1) is 0 Å². The minimum absolute atomic E-state index is 0.553. The summed E-state index contributed by atoms with van der Waals surface area (Å²) in [4.78, 5) is 1.00. The Kier molecular flexibility index (Phi) is 3.85. The quantitative estimate of drug-likeness (QED) is 0.824. The fourth-order valence-electron chi connectivity index (χ4n) is 1.53. The van der Waals surface area contributed by atoms with Crippen LogP contribution in [0.2, 0.25) is 0 Å². The molecular weight excluding hydrogens is 352 g/mol. The molecule has 0 saturated heterocycles. The molecule has 0 aliphatic rings. The van der Waals surface area contributed by atoms with Crippen molar-refractivity contribution in [2.75, 3.05) is 0 Å². The first-order chi connectivity index (χ1) is 7.59. The number of aliphatic hydroxyl groups is 1. The monoisotopic (exact) mass is 360 g/mol. The van der Waals surface area contributed by atoms with E-state index in [9.17, 15) is 5.11 Å².